The molecule has 146 valence electrons. The number of hydrogen-bond donors (Lipinski definition) is 1. The largest absolute Gasteiger partial charge is 0.443 e. The highest BCUT2D eigenvalue weighted by molar-refractivity contribution is 14.1. The summed E-state index contributed by atoms with van der Waals surface area (Å²) >= 11 is 2.27. The molecule has 0 unspecified atom stereocenters. The van der Waals surface area contributed by atoms with Crippen molar-refractivity contribution in [2.24, 2.45) is 5.92 Å². The number of hydrogen-bond acceptors (Lipinski definition) is 4. The topological polar surface area (TPSA) is 56.8 Å². The Morgan fingerprint density at radius 3 is 2.37 bits per heavy atom. The molecule has 0 aromatic heterocycles. The second-order valence-electron chi connectivity index (χ2n) is 6.47. The third-order valence-electron chi connectivity index (χ3n) is 4.06. The zero-order valence-electron chi connectivity index (χ0n) is 15.9. The zero-order valence-corrected chi connectivity index (χ0v) is 18.0. The van der Waals surface area contributed by atoms with E-state index in [0.29, 0.717) is 6.54 Å². The Labute approximate surface area is 174 Å². The molecular formula is C21H26INO4. The van der Waals surface area contributed by atoms with Gasteiger partial charge in [-0.2, -0.15) is 0 Å². The SMILES string of the molecule is COCO[C@@H](c1ccccc1I)[C@@H](OC(=O)NCc1ccccc1)C(C)C. The first kappa shape index (κ1) is 21.7. The first-order valence-corrected chi connectivity index (χ1v) is 9.94. The Morgan fingerprint density at radius 1 is 1.07 bits per heavy atom. The maximum absolute atomic E-state index is 12.4. The molecule has 5 nitrogen and oxygen atoms in total. The third kappa shape index (κ3) is 6.79. The van der Waals surface area contributed by atoms with Gasteiger partial charge in [-0.1, -0.05) is 62.4 Å². The van der Waals surface area contributed by atoms with Gasteiger partial charge in [-0.05, 0) is 45.7 Å². The minimum Gasteiger partial charge on any atom is -0.443 e. The molecule has 2 aromatic carbocycles. The summed E-state index contributed by atoms with van der Waals surface area (Å²) in [5.74, 6) is 0.0605. The van der Waals surface area contributed by atoms with Crippen LogP contribution in [0.25, 0.3) is 0 Å². The molecule has 0 aliphatic heterocycles. The van der Waals surface area contributed by atoms with Crippen LogP contribution in [0, 0.1) is 9.49 Å². The minimum atomic E-state index is -0.463. The molecule has 2 aromatic rings. The van der Waals surface area contributed by atoms with Gasteiger partial charge >= 0.3 is 6.09 Å². The van der Waals surface area contributed by atoms with Gasteiger partial charge in [-0.3, -0.25) is 0 Å². The highest BCUT2D eigenvalue weighted by atomic mass is 127. The fourth-order valence-corrected chi connectivity index (χ4v) is 3.39. The van der Waals surface area contributed by atoms with Crippen LogP contribution in [-0.2, 0) is 20.8 Å². The van der Waals surface area contributed by atoms with Crippen molar-refractivity contribution in [2.75, 3.05) is 13.9 Å². The summed E-state index contributed by atoms with van der Waals surface area (Å²) in [6.45, 7) is 4.55. The highest BCUT2D eigenvalue weighted by Crippen LogP contribution is 2.31. The molecule has 6 heteroatoms. The molecule has 0 aliphatic rings. The molecule has 0 heterocycles. The Balaban J connectivity index is 2.11. The normalized spacial score (nSPS) is 13.2. The average Bonchev–Trinajstić information content (AvgIpc) is 2.67. The van der Waals surface area contributed by atoms with Gasteiger partial charge in [0.1, 0.15) is 19.0 Å². The Bertz CT molecular complexity index is 708. The summed E-state index contributed by atoms with van der Waals surface area (Å²) in [6, 6.07) is 17.6. The van der Waals surface area contributed by atoms with Crippen LogP contribution in [0.2, 0.25) is 0 Å². The van der Waals surface area contributed by atoms with Gasteiger partial charge < -0.3 is 19.5 Å². The van der Waals surface area contributed by atoms with Gasteiger partial charge in [-0.25, -0.2) is 4.79 Å². The molecule has 0 radical (unpaired) electrons. The first-order valence-electron chi connectivity index (χ1n) is 8.86. The predicted octanol–water partition coefficient (Wildman–Crippen LogP) is 4.90. The lowest BCUT2D eigenvalue weighted by Crippen LogP contribution is -2.36. The molecule has 27 heavy (non-hydrogen) atoms. The van der Waals surface area contributed by atoms with E-state index < -0.39 is 18.3 Å². The molecule has 0 spiro atoms. The number of ether oxygens (including phenoxy) is 3. The van der Waals surface area contributed by atoms with Crippen LogP contribution in [-0.4, -0.2) is 26.1 Å². The number of carbonyl (C=O) groups is 1. The Kier molecular flexibility index (Phi) is 9.03. The van der Waals surface area contributed by atoms with E-state index in [-0.39, 0.29) is 12.7 Å². The van der Waals surface area contributed by atoms with E-state index in [1.54, 1.807) is 7.11 Å². The third-order valence-corrected chi connectivity index (χ3v) is 5.04. The Hall–Kier alpha value is -1.64. The summed E-state index contributed by atoms with van der Waals surface area (Å²) < 4.78 is 17.8. The summed E-state index contributed by atoms with van der Waals surface area (Å²) in [4.78, 5) is 12.4. The van der Waals surface area contributed by atoms with Gasteiger partial charge in [0.25, 0.3) is 0 Å². The predicted molar refractivity (Wildman–Crippen MR) is 113 cm³/mol. The van der Waals surface area contributed by atoms with Gasteiger partial charge in [0.15, 0.2) is 0 Å². The summed E-state index contributed by atoms with van der Waals surface area (Å²) in [6.07, 6.45) is -1.33. The lowest BCUT2D eigenvalue weighted by atomic mass is 9.96. The van der Waals surface area contributed by atoms with Crippen molar-refractivity contribution in [1.82, 2.24) is 5.32 Å². The lowest BCUT2D eigenvalue weighted by Gasteiger charge is -2.30. The van der Waals surface area contributed by atoms with Crippen molar-refractivity contribution in [3.05, 3.63) is 69.3 Å². The molecule has 0 aliphatic carbocycles. The van der Waals surface area contributed by atoms with Crippen molar-refractivity contribution in [3.63, 3.8) is 0 Å². The highest BCUT2D eigenvalue weighted by Gasteiger charge is 2.31. The smallest absolute Gasteiger partial charge is 0.407 e. The number of amides is 1. The molecular weight excluding hydrogens is 457 g/mol. The van der Waals surface area contributed by atoms with Crippen LogP contribution in [0.15, 0.2) is 54.6 Å². The van der Waals surface area contributed by atoms with E-state index >= 15 is 0 Å². The standard InChI is InChI=1S/C21H26INO4/c1-15(2)19(27-21(24)23-13-16-9-5-4-6-10-16)20(26-14-25-3)17-11-7-8-12-18(17)22/h4-12,15,19-20H,13-14H2,1-3H3,(H,23,24)/t19-,20-/m0/s1. The van der Waals surface area contributed by atoms with Crippen LogP contribution in [0.4, 0.5) is 4.79 Å². The maximum Gasteiger partial charge on any atom is 0.407 e. The fourth-order valence-electron chi connectivity index (χ4n) is 2.69. The zero-order chi connectivity index (χ0) is 19.6. The lowest BCUT2D eigenvalue weighted by molar-refractivity contribution is -0.126. The van der Waals surface area contributed by atoms with Crippen molar-refractivity contribution in [1.29, 1.82) is 0 Å². The quantitative estimate of drug-likeness (QED) is 0.407. The van der Waals surface area contributed by atoms with E-state index in [4.69, 9.17) is 14.2 Å². The molecule has 1 N–H and O–H groups in total. The second-order valence-corrected chi connectivity index (χ2v) is 7.63. The number of methoxy groups -OCH3 is 1. The van der Waals surface area contributed by atoms with Gasteiger partial charge in [0.05, 0.1) is 0 Å². The van der Waals surface area contributed by atoms with Gasteiger partial charge in [0, 0.05) is 17.2 Å². The van der Waals surface area contributed by atoms with Crippen LogP contribution in [0.5, 0.6) is 0 Å². The second kappa shape index (κ2) is 11.3. The summed E-state index contributed by atoms with van der Waals surface area (Å²) in [7, 11) is 1.57. The van der Waals surface area contributed by atoms with Crippen LogP contribution >= 0.6 is 22.6 Å². The Morgan fingerprint density at radius 2 is 1.74 bits per heavy atom. The average molecular weight is 483 g/mol. The van der Waals surface area contributed by atoms with Gasteiger partial charge in [-0.15, -0.1) is 0 Å². The monoisotopic (exact) mass is 483 g/mol. The first-order chi connectivity index (χ1) is 13.0. The van der Waals surface area contributed by atoms with Crippen LogP contribution in [0.3, 0.4) is 0 Å². The van der Waals surface area contributed by atoms with Crippen molar-refractivity contribution in [3.8, 4) is 0 Å². The van der Waals surface area contributed by atoms with E-state index in [2.05, 4.69) is 27.9 Å². The molecule has 1 amide bonds. The number of rotatable bonds is 9. The summed E-state index contributed by atoms with van der Waals surface area (Å²) in [5, 5.41) is 2.81. The van der Waals surface area contributed by atoms with Crippen molar-refractivity contribution >= 4 is 28.7 Å². The molecule has 2 rings (SSSR count). The van der Waals surface area contributed by atoms with Crippen LogP contribution < -0.4 is 5.32 Å². The number of benzene rings is 2. The van der Waals surface area contributed by atoms with E-state index in [9.17, 15) is 4.79 Å². The number of nitrogens with one attached hydrogen (secondary N) is 1. The maximum atomic E-state index is 12.4. The molecule has 0 bridgehead atoms. The van der Waals surface area contributed by atoms with E-state index in [1.807, 2.05) is 68.4 Å². The summed E-state index contributed by atoms with van der Waals surface area (Å²) in [5.41, 5.74) is 1.99. The number of halogens is 1. The molecule has 0 fully saturated rings. The molecule has 0 saturated heterocycles. The van der Waals surface area contributed by atoms with Crippen molar-refractivity contribution < 1.29 is 19.0 Å². The number of alkyl carbamates (subject to hydrolysis) is 1. The minimum absolute atomic E-state index is 0.0605. The van der Waals surface area contributed by atoms with E-state index in [0.717, 1.165) is 14.7 Å². The van der Waals surface area contributed by atoms with Crippen LogP contribution in [0.1, 0.15) is 31.1 Å². The fraction of sp³-hybridized carbons (Fsp3) is 0.381. The van der Waals surface area contributed by atoms with Crippen molar-refractivity contribution in [2.45, 2.75) is 32.6 Å². The molecule has 0 saturated carbocycles. The van der Waals surface area contributed by atoms with E-state index in [1.165, 1.54) is 0 Å². The molecule has 2 atom stereocenters. The number of carbonyl (C=O) groups excluding carboxylic acids is 1. The van der Waals surface area contributed by atoms with Gasteiger partial charge in [0.2, 0.25) is 0 Å².